The van der Waals surface area contributed by atoms with Crippen molar-refractivity contribution < 1.29 is 0 Å². The van der Waals surface area contributed by atoms with Crippen molar-refractivity contribution in [2.45, 2.75) is 97.1 Å². The topological polar surface area (TPSA) is 24.1 Å². The molecule has 0 spiro atoms. The minimum atomic E-state index is -1.37. The Morgan fingerprint density at radius 1 is 0.326 bits per heavy atom. The first-order chi connectivity index (χ1) is 19.8. The van der Waals surface area contributed by atoms with Crippen LogP contribution in [-0.2, 0) is 16.2 Å². The number of anilines is 2. The summed E-state index contributed by atoms with van der Waals surface area (Å²) in [5.41, 5.74) is 10.2. The van der Waals surface area contributed by atoms with Gasteiger partial charge in [-0.05, 0) is 57.6 Å². The van der Waals surface area contributed by atoms with Crippen molar-refractivity contribution in [1.29, 1.82) is 0 Å². The molecule has 228 valence electrons. The van der Waals surface area contributed by atoms with Gasteiger partial charge in [0.25, 0.3) is 0 Å². The van der Waals surface area contributed by atoms with Crippen molar-refractivity contribution in [2.75, 3.05) is 9.96 Å². The summed E-state index contributed by atoms with van der Waals surface area (Å²) in [7, 11) is -2.73. The molecule has 0 saturated carbocycles. The van der Waals surface area contributed by atoms with Crippen LogP contribution in [0.5, 0.6) is 0 Å². The van der Waals surface area contributed by atoms with Crippen LogP contribution >= 0.6 is 0 Å². The third kappa shape index (κ3) is 7.71. The molecule has 0 aromatic heterocycles. The molecule has 4 heteroatoms. The standard InChI is InChI=1S/C39H54N2Si2/c1-37(2,29-13-17-31(18-14-29)38(3,4)33-21-25-35(26-22-33)40-42(7,8)9)30-15-19-32(20-16-30)39(5,6)34-23-27-36(28-24-34)41-43(10,11)12/h13-28,40-41H,1-12H3. The molecule has 0 bridgehead atoms. The SMILES string of the molecule is CC(C)(c1ccc(N[Si](C)(C)C)cc1)c1ccc(C(C)(C)c2ccc(C(C)(C)c3ccc(N[Si](C)(C)C)cc3)cc2)cc1. The summed E-state index contributed by atoms with van der Waals surface area (Å²) in [5.74, 6) is 0. The highest BCUT2D eigenvalue weighted by Crippen LogP contribution is 2.38. The number of benzene rings is 4. The Bertz CT molecular complexity index is 1380. The summed E-state index contributed by atoms with van der Waals surface area (Å²) in [6.45, 7) is 27.9. The second-order valence-electron chi connectivity index (χ2n) is 15.9. The van der Waals surface area contributed by atoms with Crippen LogP contribution in [0.4, 0.5) is 11.4 Å². The second-order valence-corrected chi connectivity index (χ2v) is 25.4. The highest BCUT2D eigenvalue weighted by atomic mass is 28.3. The molecule has 0 radical (unpaired) electrons. The molecule has 0 heterocycles. The van der Waals surface area contributed by atoms with Gasteiger partial charge in [0.2, 0.25) is 0 Å². The molecule has 0 amide bonds. The monoisotopic (exact) mass is 606 g/mol. The van der Waals surface area contributed by atoms with Crippen molar-refractivity contribution in [3.05, 3.63) is 130 Å². The molecular formula is C39H54N2Si2. The van der Waals surface area contributed by atoms with Gasteiger partial charge < -0.3 is 9.96 Å². The minimum absolute atomic E-state index is 0.0729. The van der Waals surface area contributed by atoms with E-state index in [-0.39, 0.29) is 16.2 Å². The minimum Gasteiger partial charge on any atom is -0.411 e. The van der Waals surface area contributed by atoms with Crippen LogP contribution in [0.1, 0.15) is 74.9 Å². The number of nitrogens with one attached hydrogen (secondary N) is 2. The lowest BCUT2D eigenvalue weighted by Crippen LogP contribution is -2.32. The zero-order chi connectivity index (χ0) is 31.8. The Morgan fingerprint density at radius 3 is 0.651 bits per heavy atom. The lowest BCUT2D eigenvalue weighted by atomic mass is 9.73. The molecule has 0 fully saturated rings. The maximum Gasteiger partial charge on any atom is 0.144 e. The molecule has 4 aromatic rings. The molecule has 43 heavy (non-hydrogen) atoms. The fourth-order valence-corrected chi connectivity index (χ4v) is 7.98. The van der Waals surface area contributed by atoms with E-state index in [1.54, 1.807) is 0 Å². The maximum absolute atomic E-state index is 3.71. The zero-order valence-corrected chi connectivity index (χ0v) is 30.7. The first-order valence-corrected chi connectivity index (χ1v) is 22.8. The average Bonchev–Trinajstić information content (AvgIpc) is 2.92. The summed E-state index contributed by atoms with van der Waals surface area (Å²) in [4.78, 5) is 7.41. The Kier molecular flexibility index (Phi) is 8.99. The summed E-state index contributed by atoms with van der Waals surface area (Å²) in [6, 6.07) is 36.7. The van der Waals surface area contributed by atoms with Gasteiger partial charge in [0.1, 0.15) is 16.5 Å². The summed E-state index contributed by atoms with van der Waals surface area (Å²) >= 11 is 0. The van der Waals surface area contributed by atoms with Crippen molar-refractivity contribution in [3.63, 3.8) is 0 Å². The zero-order valence-electron chi connectivity index (χ0n) is 28.7. The highest BCUT2D eigenvalue weighted by molar-refractivity contribution is 6.79. The van der Waals surface area contributed by atoms with E-state index in [2.05, 4.69) is 188 Å². The van der Waals surface area contributed by atoms with Gasteiger partial charge in [0, 0.05) is 27.6 Å². The van der Waals surface area contributed by atoms with Crippen LogP contribution in [0.15, 0.2) is 97.1 Å². The van der Waals surface area contributed by atoms with Gasteiger partial charge in [-0.2, -0.15) is 0 Å². The maximum atomic E-state index is 3.71. The van der Waals surface area contributed by atoms with Crippen LogP contribution in [0.3, 0.4) is 0 Å². The van der Waals surface area contributed by atoms with E-state index in [1.165, 1.54) is 44.8 Å². The van der Waals surface area contributed by atoms with Crippen LogP contribution in [0.2, 0.25) is 39.3 Å². The lowest BCUT2D eigenvalue weighted by molar-refractivity contribution is 0.621. The third-order valence-corrected chi connectivity index (χ3v) is 11.0. The van der Waals surface area contributed by atoms with E-state index in [1.807, 2.05) is 0 Å². The van der Waals surface area contributed by atoms with Gasteiger partial charge in [-0.1, -0.05) is 154 Å². The van der Waals surface area contributed by atoms with Gasteiger partial charge in [0.05, 0.1) is 0 Å². The van der Waals surface area contributed by atoms with E-state index >= 15 is 0 Å². The Hall–Kier alpha value is -3.09. The smallest absolute Gasteiger partial charge is 0.144 e. The highest BCUT2D eigenvalue weighted by Gasteiger charge is 2.28. The summed E-state index contributed by atoms with van der Waals surface area (Å²) in [5, 5.41) is 0. The number of hydrogen-bond acceptors (Lipinski definition) is 2. The lowest BCUT2D eigenvalue weighted by Gasteiger charge is -2.31. The van der Waals surface area contributed by atoms with Gasteiger partial charge in [0.15, 0.2) is 0 Å². The predicted molar refractivity (Wildman–Crippen MR) is 196 cm³/mol. The Labute approximate surface area is 264 Å². The predicted octanol–water partition coefficient (Wildman–Crippen LogP) is 11.2. The second kappa shape index (κ2) is 11.8. The molecule has 0 aliphatic carbocycles. The fraction of sp³-hybridized carbons (Fsp3) is 0.385. The molecule has 0 aliphatic heterocycles. The van der Waals surface area contributed by atoms with Gasteiger partial charge in [-0.25, -0.2) is 0 Å². The van der Waals surface area contributed by atoms with E-state index in [0.29, 0.717) is 0 Å². The summed E-state index contributed by atoms with van der Waals surface area (Å²) < 4.78 is 0. The van der Waals surface area contributed by atoms with E-state index < -0.39 is 16.5 Å². The third-order valence-electron chi connectivity index (χ3n) is 8.91. The number of rotatable bonds is 10. The first-order valence-electron chi connectivity index (χ1n) is 15.8. The molecule has 2 nitrogen and oxygen atoms in total. The van der Waals surface area contributed by atoms with Crippen LogP contribution < -0.4 is 9.96 Å². The van der Waals surface area contributed by atoms with Crippen LogP contribution in [0.25, 0.3) is 0 Å². The van der Waals surface area contributed by atoms with Crippen LogP contribution in [0, 0.1) is 0 Å². The van der Waals surface area contributed by atoms with Gasteiger partial charge >= 0.3 is 0 Å². The van der Waals surface area contributed by atoms with Crippen LogP contribution in [-0.4, -0.2) is 16.5 Å². The fourth-order valence-electron chi connectivity index (χ4n) is 5.91. The van der Waals surface area contributed by atoms with E-state index in [9.17, 15) is 0 Å². The molecule has 0 saturated heterocycles. The normalized spacial score (nSPS) is 13.1. The number of hydrogen-bond donors (Lipinski definition) is 2. The Balaban J connectivity index is 1.51. The van der Waals surface area contributed by atoms with Gasteiger partial charge in [-0.3, -0.25) is 0 Å². The molecule has 2 N–H and O–H groups in total. The average molecular weight is 607 g/mol. The molecule has 0 unspecified atom stereocenters. The first kappa shape index (κ1) is 32.8. The van der Waals surface area contributed by atoms with Gasteiger partial charge in [-0.15, -0.1) is 0 Å². The van der Waals surface area contributed by atoms with Crippen molar-refractivity contribution in [2.24, 2.45) is 0 Å². The van der Waals surface area contributed by atoms with Crippen molar-refractivity contribution in [3.8, 4) is 0 Å². The quantitative estimate of drug-likeness (QED) is 0.175. The summed E-state index contributed by atoms with van der Waals surface area (Å²) in [6.07, 6.45) is 0. The molecular weight excluding hydrogens is 553 g/mol. The van der Waals surface area contributed by atoms with Crippen molar-refractivity contribution in [1.82, 2.24) is 0 Å². The van der Waals surface area contributed by atoms with E-state index in [4.69, 9.17) is 0 Å². The molecule has 4 aromatic carbocycles. The molecule has 0 aliphatic rings. The molecule has 0 atom stereocenters. The molecule has 4 rings (SSSR count). The van der Waals surface area contributed by atoms with E-state index in [0.717, 1.165) is 0 Å². The Morgan fingerprint density at radius 2 is 0.488 bits per heavy atom. The van der Waals surface area contributed by atoms with Crippen molar-refractivity contribution >= 4 is 27.8 Å². The largest absolute Gasteiger partial charge is 0.411 e.